The molecule has 0 aromatic heterocycles. The molecule has 0 saturated carbocycles. The number of carbonyl (C=O) groups excluding carboxylic acids is 3. The lowest BCUT2D eigenvalue weighted by Crippen LogP contribution is -2.47. The summed E-state index contributed by atoms with van der Waals surface area (Å²) in [4.78, 5) is 38.3. The Morgan fingerprint density at radius 3 is 2.71 bits per heavy atom. The smallest absolute Gasteiger partial charge is 0.255 e. The molecule has 154 valence electrons. The second kappa shape index (κ2) is 10.3. The number of halogens is 1. The van der Waals surface area contributed by atoms with Gasteiger partial charge in [-0.3, -0.25) is 14.4 Å². The number of ether oxygens (including phenoxy) is 1. The van der Waals surface area contributed by atoms with Gasteiger partial charge in [0, 0.05) is 25.0 Å². The van der Waals surface area contributed by atoms with Gasteiger partial charge in [-0.25, -0.2) is 0 Å². The fraction of sp³-hybridized carbons (Fsp3) is 0.550. The van der Waals surface area contributed by atoms with Crippen molar-refractivity contribution < 1.29 is 19.1 Å². The topological polar surface area (TPSA) is 87.7 Å². The Labute approximate surface area is 170 Å². The molecule has 0 spiro atoms. The Kier molecular flexibility index (Phi) is 8.11. The van der Waals surface area contributed by atoms with E-state index in [1.807, 2.05) is 13.8 Å². The number of hydrogen-bond donors (Lipinski definition) is 2. The normalized spacial score (nSPS) is 19.6. The standard InChI is InChI=1S/C20H28ClN3O4/c1-13(2)17-12-28-18-7-6-15(21)10-16(18)20(27)22-8-4-5-9-24(14(3)25)11-19(26)23-17/h6-7,10,13,17H,4-5,8-9,11-12H2,1-3H3,(H,22,27)(H,23,26)/t17-/m0/s1. The lowest BCUT2D eigenvalue weighted by molar-refractivity contribution is -0.134. The molecule has 1 aromatic rings. The van der Waals surface area contributed by atoms with E-state index in [2.05, 4.69) is 10.6 Å². The zero-order valence-corrected chi connectivity index (χ0v) is 17.3. The first-order valence-electron chi connectivity index (χ1n) is 9.53. The van der Waals surface area contributed by atoms with Crippen LogP contribution < -0.4 is 15.4 Å². The Balaban J connectivity index is 2.24. The van der Waals surface area contributed by atoms with Crippen LogP contribution in [0.1, 0.15) is 44.0 Å². The number of rotatable bonds is 1. The van der Waals surface area contributed by atoms with Crippen LogP contribution in [0.2, 0.25) is 5.02 Å². The quantitative estimate of drug-likeness (QED) is 0.744. The van der Waals surface area contributed by atoms with Crippen LogP contribution >= 0.6 is 11.6 Å². The van der Waals surface area contributed by atoms with Crippen molar-refractivity contribution in [3.8, 4) is 5.75 Å². The minimum Gasteiger partial charge on any atom is -0.491 e. The van der Waals surface area contributed by atoms with E-state index in [0.29, 0.717) is 42.3 Å². The zero-order valence-electron chi connectivity index (χ0n) is 16.6. The van der Waals surface area contributed by atoms with Gasteiger partial charge in [0.05, 0.1) is 18.2 Å². The lowest BCUT2D eigenvalue weighted by atomic mass is 10.1. The number of benzene rings is 1. The molecule has 1 aliphatic rings. The fourth-order valence-electron chi connectivity index (χ4n) is 2.88. The molecule has 0 unspecified atom stereocenters. The van der Waals surface area contributed by atoms with Gasteiger partial charge in [0.15, 0.2) is 0 Å². The van der Waals surface area contributed by atoms with Gasteiger partial charge in [-0.2, -0.15) is 0 Å². The Bertz CT molecular complexity index is 723. The van der Waals surface area contributed by atoms with Gasteiger partial charge >= 0.3 is 0 Å². The maximum atomic E-state index is 12.6. The number of fused-ring (bicyclic) bond motifs is 1. The molecule has 0 fully saturated rings. The van der Waals surface area contributed by atoms with Gasteiger partial charge in [0.2, 0.25) is 11.8 Å². The van der Waals surface area contributed by atoms with Crippen LogP contribution in [0.4, 0.5) is 0 Å². The minimum absolute atomic E-state index is 0.0110. The van der Waals surface area contributed by atoms with Crippen molar-refractivity contribution in [3.63, 3.8) is 0 Å². The summed E-state index contributed by atoms with van der Waals surface area (Å²) >= 11 is 6.05. The zero-order chi connectivity index (χ0) is 20.7. The molecule has 0 aliphatic carbocycles. The molecule has 7 nitrogen and oxygen atoms in total. The van der Waals surface area contributed by atoms with E-state index in [0.717, 1.165) is 0 Å². The van der Waals surface area contributed by atoms with Crippen LogP contribution in [0.15, 0.2) is 18.2 Å². The van der Waals surface area contributed by atoms with E-state index in [4.69, 9.17) is 16.3 Å². The van der Waals surface area contributed by atoms with Crippen LogP contribution in [0.3, 0.4) is 0 Å². The maximum absolute atomic E-state index is 12.6. The third-order valence-electron chi connectivity index (χ3n) is 4.68. The van der Waals surface area contributed by atoms with Crippen LogP contribution in [-0.2, 0) is 9.59 Å². The molecule has 8 heteroatoms. The molecular formula is C20H28ClN3O4. The molecule has 1 atom stereocenters. The van der Waals surface area contributed by atoms with Crippen molar-refractivity contribution in [3.05, 3.63) is 28.8 Å². The first-order chi connectivity index (χ1) is 13.3. The molecule has 1 aromatic carbocycles. The van der Waals surface area contributed by atoms with E-state index in [1.54, 1.807) is 18.2 Å². The number of amides is 3. The van der Waals surface area contributed by atoms with Gasteiger partial charge in [0.25, 0.3) is 5.91 Å². The molecule has 0 radical (unpaired) electrons. The highest BCUT2D eigenvalue weighted by Crippen LogP contribution is 2.23. The van der Waals surface area contributed by atoms with E-state index >= 15 is 0 Å². The molecule has 0 saturated heterocycles. The molecule has 0 bridgehead atoms. The summed E-state index contributed by atoms with van der Waals surface area (Å²) in [5.41, 5.74) is 0.363. The number of hydrogen-bond acceptors (Lipinski definition) is 4. The summed E-state index contributed by atoms with van der Waals surface area (Å²) in [7, 11) is 0. The van der Waals surface area contributed by atoms with Crippen LogP contribution in [0, 0.1) is 5.92 Å². The van der Waals surface area contributed by atoms with Crippen molar-refractivity contribution in [2.24, 2.45) is 5.92 Å². The average Bonchev–Trinajstić information content (AvgIpc) is 2.63. The van der Waals surface area contributed by atoms with Crippen LogP contribution in [0.25, 0.3) is 0 Å². The summed E-state index contributed by atoms with van der Waals surface area (Å²) in [5, 5.41) is 6.24. The molecule has 2 N–H and O–H groups in total. The number of carbonyl (C=O) groups is 3. The molecule has 3 amide bonds. The van der Waals surface area contributed by atoms with E-state index in [-0.39, 0.29) is 42.8 Å². The Hall–Kier alpha value is -2.28. The highest BCUT2D eigenvalue weighted by Gasteiger charge is 2.22. The first-order valence-corrected chi connectivity index (χ1v) is 9.91. The molecule has 2 rings (SSSR count). The van der Waals surface area contributed by atoms with Gasteiger partial charge in [-0.15, -0.1) is 0 Å². The Morgan fingerprint density at radius 1 is 1.29 bits per heavy atom. The predicted molar refractivity (Wildman–Crippen MR) is 108 cm³/mol. The summed E-state index contributed by atoms with van der Waals surface area (Å²) < 4.78 is 5.87. The third kappa shape index (κ3) is 6.41. The van der Waals surface area contributed by atoms with Gasteiger partial charge in [-0.1, -0.05) is 25.4 Å². The summed E-state index contributed by atoms with van der Waals surface area (Å²) in [6.45, 7) is 6.53. The van der Waals surface area contributed by atoms with Crippen LogP contribution in [0.5, 0.6) is 5.75 Å². The van der Waals surface area contributed by atoms with E-state index in [1.165, 1.54) is 11.8 Å². The molecule has 1 aliphatic heterocycles. The van der Waals surface area contributed by atoms with Crippen molar-refractivity contribution in [2.45, 2.75) is 39.7 Å². The van der Waals surface area contributed by atoms with Gasteiger partial charge < -0.3 is 20.3 Å². The number of nitrogens with one attached hydrogen (secondary N) is 2. The van der Waals surface area contributed by atoms with Gasteiger partial charge in [0.1, 0.15) is 12.4 Å². The monoisotopic (exact) mass is 409 g/mol. The highest BCUT2D eigenvalue weighted by atomic mass is 35.5. The second-order valence-electron chi connectivity index (χ2n) is 7.27. The molecule has 28 heavy (non-hydrogen) atoms. The second-order valence-corrected chi connectivity index (χ2v) is 7.71. The molecule has 1 heterocycles. The average molecular weight is 410 g/mol. The summed E-state index contributed by atoms with van der Waals surface area (Å²) in [6.07, 6.45) is 1.36. The summed E-state index contributed by atoms with van der Waals surface area (Å²) in [5.74, 6) is -0.112. The Morgan fingerprint density at radius 2 is 2.04 bits per heavy atom. The maximum Gasteiger partial charge on any atom is 0.255 e. The van der Waals surface area contributed by atoms with Crippen molar-refractivity contribution in [2.75, 3.05) is 26.2 Å². The summed E-state index contributed by atoms with van der Waals surface area (Å²) in [6, 6.07) is 4.63. The number of nitrogens with zero attached hydrogens (tertiary/aromatic N) is 1. The first kappa shape index (κ1) is 22.0. The van der Waals surface area contributed by atoms with Crippen molar-refractivity contribution >= 4 is 29.3 Å². The fourth-order valence-corrected chi connectivity index (χ4v) is 3.06. The van der Waals surface area contributed by atoms with E-state index < -0.39 is 0 Å². The van der Waals surface area contributed by atoms with Gasteiger partial charge in [-0.05, 0) is 37.0 Å². The highest BCUT2D eigenvalue weighted by molar-refractivity contribution is 6.31. The third-order valence-corrected chi connectivity index (χ3v) is 4.91. The van der Waals surface area contributed by atoms with Crippen LogP contribution in [-0.4, -0.2) is 54.9 Å². The SMILES string of the molecule is CC(=O)N1CCCCNC(=O)c2cc(Cl)ccc2OC[C@@H](C(C)C)NC(=O)C1. The lowest BCUT2D eigenvalue weighted by Gasteiger charge is -2.25. The largest absolute Gasteiger partial charge is 0.491 e. The minimum atomic E-state index is -0.266. The van der Waals surface area contributed by atoms with Crippen molar-refractivity contribution in [1.29, 1.82) is 0 Å². The van der Waals surface area contributed by atoms with E-state index in [9.17, 15) is 14.4 Å². The van der Waals surface area contributed by atoms with Crippen molar-refractivity contribution in [1.82, 2.24) is 15.5 Å². The predicted octanol–water partition coefficient (Wildman–Crippen LogP) is 2.23. The molecular weight excluding hydrogens is 382 g/mol.